The summed E-state index contributed by atoms with van der Waals surface area (Å²) in [5.41, 5.74) is -0.219. The predicted octanol–water partition coefficient (Wildman–Crippen LogP) is 1.11. The normalized spacial score (nSPS) is 9.69. The quantitative estimate of drug-likeness (QED) is 0.589. The van der Waals surface area contributed by atoms with Crippen molar-refractivity contribution < 1.29 is 14.7 Å². The first kappa shape index (κ1) is 9.94. The molecule has 0 fully saturated rings. The second-order valence-corrected chi connectivity index (χ2v) is 3.63. The van der Waals surface area contributed by atoms with Crippen LogP contribution in [0.4, 0.5) is 5.13 Å². The van der Waals surface area contributed by atoms with Crippen LogP contribution in [0, 0.1) is 0 Å². The number of anilines is 1. The molecule has 0 saturated heterocycles. The molecule has 0 aliphatic heterocycles. The predicted molar refractivity (Wildman–Crippen MR) is 48.6 cm³/mol. The highest BCUT2D eigenvalue weighted by atomic mass is 35.5. The largest absolute Gasteiger partial charge is 0.475 e. The Labute approximate surface area is 82.4 Å². The molecule has 13 heavy (non-hydrogen) atoms. The summed E-state index contributed by atoms with van der Waals surface area (Å²) < 4.78 is 0.0803. The van der Waals surface area contributed by atoms with Gasteiger partial charge in [-0.1, -0.05) is 22.9 Å². The Morgan fingerprint density at radius 1 is 1.62 bits per heavy atom. The number of Topliss-reactive ketones (excluding diaryl/α,β-unsaturated/α-hetero) is 1. The SMILES string of the molecule is CNc1nc(C(=O)C(=O)O)c(Cl)s1. The van der Waals surface area contributed by atoms with E-state index in [0.717, 1.165) is 11.3 Å². The van der Waals surface area contributed by atoms with Gasteiger partial charge in [0.2, 0.25) is 0 Å². The molecule has 0 atom stereocenters. The second-order valence-electron chi connectivity index (χ2n) is 2.03. The molecule has 0 amide bonds. The Balaban J connectivity index is 3.07. The number of aliphatic carboxylic acids is 1. The zero-order valence-corrected chi connectivity index (χ0v) is 8.07. The van der Waals surface area contributed by atoms with Gasteiger partial charge in [0.15, 0.2) is 10.8 Å². The van der Waals surface area contributed by atoms with Crippen LogP contribution in [0.2, 0.25) is 4.34 Å². The van der Waals surface area contributed by atoms with Crippen molar-refractivity contribution in [1.82, 2.24) is 4.98 Å². The number of ketones is 1. The molecule has 1 rings (SSSR count). The van der Waals surface area contributed by atoms with Gasteiger partial charge in [-0.15, -0.1) is 0 Å². The highest BCUT2D eigenvalue weighted by molar-refractivity contribution is 7.19. The Morgan fingerprint density at radius 3 is 2.62 bits per heavy atom. The monoisotopic (exact) mass is 220 g/mol. The van der Waals surface area contributed by atoms with Crippen molar-refractivity contribution in [2.24, 2.45) is 0 Å². The summed E-state index contributed by atoms with van der Waals surface area (Å²) in [7, 11) is 1.60. The third-order valence-electron chi connectivity index (χ3n) is 1.21. The third-order valence-corrected chi connectivity index (χ3v) is 2.48. The minimum Gasteiger partial charge on any atom is -0.475 e. The summed E-state index contributed by atoms with van der Waals surface area (Å²) in [6.07, 6.45) is 0. The Hall–Kier alpha value is -1.14. The van der Waals surface area contributed by atoms with E-state index in [0.29, 0.717) is 5.13 Å². The zero-order chi connectivity index (χ0) is 10.0. The number of nitrogens with zero attached hydrogens (tertiary/aromatic N) is 1. The Kier molecular flexibility index (Phi) is 2.84. The number of rotatable bonds is 3. The minimum atomic E-state index is -1.56. The molecule has 5 nitrogen and oxygen atoms in total. The van der Waals surface area contributed by atoms with Crippen LogP contribution in [-0.4, -0.2) is 28.9 Å². The molecule has 1 aromatic rings. The van der Waals surface area contributed by atoms with Crippen molar-refractivity contribution in [2.75, 3.05) is 12.4 Å². The van der Waals surface area contributed by atoms with Gasteiger partial charge in [0.05, 0.1) is 0 Å². The molecule has 1 heterocycles. The van der Waals surface area contributed by atoms with Gasteiger partial charge in [0, 0.05) is 7.05 Å². The number of carboxylic acid groups (broad SMARTS) is 1. The molecule has 0 bridgehead atoms. The summed E-state index contributed by atoms with van der Waals surface area (Å²) in [5, 5.41) is 11.4. The summed E-state index contributed by atoms with van der Waals surface area (Å²) in [4.78, 5) is 24.9. The van der Waals surface area contributed by atoms with E-state index < -0.39 is 11.8 Å². The van der Waals surface area contributed by atoms with Crippen LogP contribution in [0.15, 0.2) is 0 Å². The van der Waals surface area contributed by atoms with Gasteiger partial charge < -0.3 is 10.4 Å². The second kappa shape index (κ2) is 3.71. The number of carboxylic acids is 1. The van der Waals surface area contributed by atoms with E-state index in [1.807, 2.05) is 0 Å². The number of hydrogen-bond acceptors (Lipinski definition) is 5. The van der Waals surface area contributed by atoms with E-state index in [9.17, 15) is 9.59 Å². The van der Waals surface area contributed by atoms with Gasteiger partial charge >= 0.3 is 5.97 Å². The summed E-state index contributed by atoms with van der Waals surface area (Å²) in [6, 6.07) is 0. The van der Waals surface area contributed by atoms with Crippen LogP contribution in [0.5, 0.6) is 0 Å². The van der Waals surface area contributed by atoms with Crippen molar-refractivity contribution >= 4 is 39.8 Å². The van der Waals surface area contributed by atoms with Gasteiger partial charge in [-0.2, -0.15) is 0 Å². The molecule has 0 aromatic carbocycles. The topological polar surface area (TPSA) is 79.3 Å². The van der Waals surface area contributed by atoms with Gasteiger partial charge in [0.1, 0.15) is 4.34 Å². The highest BCUT2D eigenvalue weighted by Gasteiger charge is 2.22. The fourth-order valence-corrected chi connectivity index (χ4v) is 1.64. The molecular formula is C6H5ClN2O3S. The maximum atomic E-state index is 10.9. The average molecular weight is 221 g/mol. The van der Waals surface area contributed by atoms with Crippen LogP contribution in [0.25, 0.3) is 0 Å². The molecule has 1 aromatic heterocycles. The van der Waals surface area contributed by atoms with Crippen LogP contribution in [-0.2, 0) is 4.79 Å². The van der Waals surface area contributed by atoms with Gasteiger partial charge in [-0.25, -0.2) is 9.78 Å². The molecule has 0 radical (unpaired) electrons. The van der Waals surface area contributed by atoms with Crippen LogP contribution in [0.3, 0.4) is 0 Å². The van der Waals surface area contributed by atoms with Gasteiger partial charge in [-0.05, 0) is 0 Å². The van der Waals surface area contributed by atoms with Crippen LogP contribution in [0.1, 0.15) is 10.5 Å². The van der Waals surface area contributed by atoms with Gasteiger partial charge in [0.25, 0.3) is 5.78 Å². The smallest absolute Gasteiger partial charge is 0.379 e. The number of carbonyl (C=O) groups excluding carboxylic acids is 1. The summed E-state index contributed by atoms with van der Waals surface area (Å²) >= 11 is 6.61. The number of carbonyl (C=O) groups is 2. The lowest BCUT2D eigenvalue weighted by molar-refractivity contribution is -0.131. The fraction of sp³-hybridized carbons (Fsp3) is 0.167. The fourth-order valence-electron chi connectivity index (χ4n) is 0.650. The third kappa shape index (κ3) is 1.96. The number of thiazole rings is 1. The Morgan fingerprint density at radius 2 is 2.23 bits per heavy atom. The average Bonchev–Trinajstić information content (AvgIpc) is 2.45. The minimum absolute atomic E-state index is 0.0803. The first-order valence-electron chi connectivity index (χ1n) is 3.18. The molecule has 0 spiro atoms. The van der Waals surface area contributed by atoms with Gasteiger partial charge in [-0.3, -0.25) is 4.79 Å². The number of halogens is 1. The highest BCUT2D eigenvalue weighted by Crippen LogP contribution is 2.27. The summed E-state index contributed by atoms with van der Waals surface area (Å²) in [6.45, 7) is 0. The van der Waals surface area contributed by atoms with Crippen LogP contribution >= 0.6 is 22.9 Å². The molecule has 0 unspecified atom stereocenters. The van der Waals surface area contributed by atoms with E-state index in [-0.39, 0.29) is 10.0 Å². The zero-order valence-electron chi connectivity index (χ0n) is 6.50. The molecule has 70 valence electrons. The van der Waals surface area contributed by atoms with E-state index in [4.69, 9.17) is 16.7 Å². The Bertz CT molecular complexity index is 363. The first-order valence-corrected chi connectivity index (χ1v) is 4.37. The molecule has 0 aliphatic rings. The maximum Gasteiger partial charge on any atom is 0.379 e. The standard InChI is InChI=1S/C6H5ClN2O3S/c1-8-6-9-2(4(7)13-6)3(10)5(11)12/h1H3,(H,8,9)(H,11,12). The molecule has 2 N–H and O–H groups in total. The molecular weight excluding hydrogens is 216 g/mol. The van der Waals surface area contributed by atoms with Crippen molar-refractivity contribution in [1.29, 1.82) is 0 Å². The van der Waals surface area contributed by atoms with E-state index in [1.165, 1.54) is 0 Å². The molecule has 7 heteroatoms. The number of aromatic nitrogens is 1. The lowest BCUT2D eigenvalue weighted by Gasteiger charge is -1.88. The number of nitrogens with one attached hydrogen (secondary N) is 1. The van der Waals surface area contributed by atoms with Crippen molar-refractivity contribution in [3.05, 3.63) is 10.0 Å². The summed E-state index contributed by atoms with van der Waals surface area (Å²) in [5.74, 6) is -2.65. The van der Waals surface area contributed by atoms with E-state index in [1.54, 1.807) is 7.05 Å². The van der Waals surface area contributed by atoms with Crippen molar-refractivity contribution in [3.63, 3.8) is 0 Å². The van der Waals surface area contributed by atoms with Crippen molar-refractivity contribution in [2.45, 2.75) is 0 Å². The maximum absolute atomic E-state index is 10.9. The number of hydrogen-bond donors (Lipinski definition) is 2. The molecule has 0 aliphatic carbocycles. The molecule has 0 saturated carbocycles. The van der Waals surface area contributed by atoms with Crippen molar-refractivity contribution in [3.8, 4) is 0 Å². The lowest BCUT2D eigenvalue weighted by atomic mass is 10.3. The van der Waals surface area contributed by atoms with E-state index >= 15 is 0 Å². The van der Waals surface area contributed by atoms with E-state index in [2.05, 4.69) is 10.3 Å². The van der Waals surface area contributed by atoms with Crippen LogP contribution < -0.4 is 5.32 Å². The first-order chi connectivity index (χ1) is 6.06. The lowest BCUT2D eigenvalue weighted by Crippen LogP contribution is -2.13.